The van der Waals surface area contributed by atoms with Crippen LogP contribution in [0.4, 0.5) is 17.6 Å². The fourth-order valence-corrected chi connectivity index (χ4v) is 1.33. The van der Waals surface area contributed by atoms with Gasteiger partial charge in [0.2, 0.25) is 0 Å². The zero-order valence-electron chi connectivity index (χ0n) is 10.4. The number of nitrogens with zero attached hydrogens (tertiary/aromatic N) is 1. The lowest BCUT2D eigenvalue weighted by atomic mass is 10.2. The van der Waals surface area contributed by atoms with Crippen LogP contribution >= 0.6 is 0 Å². The number of benzene rings is 1. The lowest BCUT2D eigenvalue weighted by molar-refractivity contribution is -0.159. The van der Waals surface area contributed by atoms with Gasteiger partial charge in [0.15, 0.2) is 18.2 Å². The highest BCUT2D eigenvalue weighted by molar-refractivity contribution is 5.77. The standard InChI is InChI=1S/C12H13F4NO2/c1-8-3-4-9(13)10(5-8)19-6-11(18)17(2)7-12(14,15)16/h3-5H,6-7H2,1-2H3. The molecule has 1 rings (SSSR count). The van der Waals surface area contributed by atoms with E-state index in [1.807, 2.05) is 0 Å². The first-order chi connectivity index (χ1) is 8.69. The maximum atomic E-state index is 13.3. The average Bonchev–Trinajstić information content (AvgIpc) is 2.27. The molecule has 0 saturated carbocycles. The minimum atomic E-state index is -4.47. The van der Waals surface area contributed by atoms with E-state index >= 15 is 0 Å². The molecule has 1 aromatic carbocycles. The molecule has 0 unspecified atom stereocenters. The summed E-state index contributed by atoms with van der Waals surface area (Å²) in [7, 11) is 1.01. The van der Waals surface area contributed by atoms with E-state index in [0.717, 1.165) is 13.1 Å². The number of carbonyl (C=O) groups excluding carboxylic acids is 1. The number of alkyl halides is 3. The molecular formula is C12H13F4NO2. The molecule has 1 aromatic rings. The number of likely N-dealkylation sites (N-methyl/N-ethyl adjacent to an activating group) is 1. The molecule has 0 aliphatic carbocycles. The fourth-order valence-electron chi connectivity index (χ4n) is 1.33. The van der Waals surface area contributed by atoms with Gasteiger partial charge in [-0.2, -0.15) is 13.2 Å². The van der Waals surface area contributed by atoms with Crippen LogP contribution in [0.2, 0.25) is 0 Å². The summed E-state index contributed by atoms with van der Waals surface area (Å²) < 4.78 is 54.3. The predicted molar refractivity (Wildman–Crippen MR) is 60.3 cm³/mol. The molecule has 0 aromatic heterocycles. The molecule has 0 bridgehead atoms. The molecule has 1 amide bonds. The van der Waals surface area contributed by atoms with Crippen molar-refractivity contribution >= 4 is 5.91 Å². The summed E-state index contributed by atoms with van der Waals surface area (Å²) in [5.74, 6) is -1.70. The Morgan fingerprint density at radius 3 is 2.58 bits per heavy atom. The van der Waals surface area contributed by atoms with Crippen LogP contribution in [-0.2, 0) is 4.79 Å². The number of halogens is 4. The van der Waals surface area contributed by atoms with Crippen LogP contribution in [0, 0.1) is 12.7 Å². The van der Waals surface area contributed by atoms with Gasteiger partial charge in [-0.1, -0.05) is 6.07 Å². The number of carbonyl (C=O) groups is 1. The zero-order chi connectivity index (χ0) is 14.6. The molecule has 0 aliphatic rings. The van der Waals surface area contributed by atoms with E-state index in [1.165, 1.54) is 12.1 Å². The van der Waals surface area contributed by atoms with Gasteiger partial charge in [-0.05, 0) is 24.6 Å². The van der Waals surface area contributed by atoms with Gasteiger partial charge in [-0.3, -0.25) is 4.79 Å². The Kier molecular flexibility index (Phi) is 4.74. The highest BCUT2D eigenvalue weighted by atomic mass is 19.4. The topological polar surface area (TPSA) is 29.5 Å². The maximum Gasteiger partial charge on any atom is 0.406 e. The number of amides is 1. The van der Waals surface area contributed by atoms with Crippen molar-refractivity contribution in [2.24, 2.45) is 0 Å². The number of hydrogen-bond donors (Lipinski definition) is 0. The Hall–Kier alpha value is -1.79. The Morgan fingerprint density at radius 2 is 2.00 bits per heavy atom. The van der Waals surface area contributed by atoms with Crippen LogP contribution in [0.1, 0.15) is 5.56 Å². The van der Waals surface area contributed by atoms with Gasteiger partial charge in [0, 0.05) is 7.05 Å². The summed E-state index contributed by atoms with van der Waals surface area (Å²) in [5.41, 5.74) is 0.715. The molecule has 0 radical (unpaired) electrons. The monoisotopic (exact) mass is 279 g/mol. The van der Waals surface area contributed by atoms with Crippen molar-refractivity contribution in [3.8, 4) is 5.75 Å². The van der Waals surface area contributed by atoms with Gasteiger partial charge >= 0.3 is 6.18 Å². The van der Waals surface area contributed by atoms with Gasteiger partial charge in [-0.25, -0.2) is 4.39 Å². The summed E-state index contributed by atoms with van der Waals surface area (Å²) in [4.78, 5) is 11.8. The summed E-state index contributed by atoms with van der Waals surface area (Å²) in [6.45, 7) is -0.317. The van der Waals surface area contributed by atoms with Crippen molar-refractivity contribution in [2.75, 3.05) is 20.2 Å². The first-order valence-electron chi connectivity index (χ1n) is 5.39. The van der Waals surface area contributed by atoms with E-state index in [4.69, 9.17) is 4.74 Å². The molecular weight excluding hydrogens is 266 g/mol. The number of ether oxygens (including phenoxy) is 1. The molecule has 0 heterocycles. The van der Waals surface area contributed by atoms with E-state index in [0.29, 0.717) is 10.5 Å². The number of rotatable bonds is 4. The van der Waals surface area contributed by atoms with E-state index in [9.17, 15) is 22.4 Å². The van der Waals surface area contributed by atoms with E-state index in [1.54, 1.807) is 6.92 Å². The lowest BCUT2D eigenvalue weighted by Crippen LogP contribution is -2.38. The highest BCUT2D eigenvalue weighted by Gasteiger charge is 2.31. The van der Waals surface area contributed by atoms with Crippen molar-refractivity contribution in [1.82, 2.24) is 4.90 Å². The minimum absolute atomic E-state index is 0.159. The van der Waals surface area contributed by atoms with E-state index in [2.05, 4.69) is 0 Å². The second-order valence-electron chi connectivity index (χ2n) is 4.09. The van der Waals surface area contributed by atoms with Crippen LogP contribution in [0.5, 0.6) is 5.75 Å². The first kappa shape index (κ1) is 15.3. The largest absolute Gasteiger partial charge is 0.481 e. The SMILES string of the molecule is Cc1ccc(F)c(OCC(=O)N(C)CC(F)(F)F)c1. The summed E-state index contributed by atoms with van der Waals surface area (Å²) in [6, 6.07) is 4.04. The van der Waals surface area contributed by atoms with Crippen LogP contribution in [0.15, 0.2) is 18.2 Å². The average molecular weight is 279 g/mol. The molecule has 0 N–H and O–H groups in total. The molecule has 106 valence electrons. The molecule has 19 heavy (non-hydrogen) atoms. The van der Waals surface area contributed by atoms with E-state index < -0.39 is 31.1 Å². The summed E-state index contributed by atoms with van der Waals surface area (Å²) in [6.07, 6.45) is -4.47. The van der Waals surface area contributed by atoms with Gasteiger partial charge < -0.3 is 9.64 Å². The highest BCUT2D eigenvalue weighted by Crippen LogP contribution is 2.19. The Bertz CT molecular complexity index is 460. The van der Waals surface area contributed by atoms with Crippen LogP contribution < -0.4 is 4.74 Å². The van der Waals surface area contributed by atoms with Crippen LogP contribution in [-0.4, -0.2) is 37.2 Å². The fraction of sp³-hybridized carbons (Fsp3) is 0.417. The lowest BCUT2D eigenvalue weighted by Gasteiger charge is -2.19. The Morgan fingerprint density at radius 1 is 1.37 bits per heavy atom. The van der Waals surface area contributed by atoms with Crippen molar-refractivity contribution in [3.05, 3.63) is 29.6 Å². The Balaban J connectivity index is 2.57. The van der Waals surface area contributed by atoms with Crippen molar-refractivity contribution in [3.63, 3.8) is 0 Å². The molecule has 0 spiro atoms. The van der Waals surface area contributed by atoms with Gasteiger partial charge in [-0.15, -0.1) is 0 Å². The van der Waals surface area contributed by atoms with Crippen molar-refractivity contribution < 1.29 is 27.1 Å². The second-order valence-corrected chi connectivity index (χ2v) is 4.09. The van der Waals surface area contributed by atoms with Crippen LogP contribution in [0.25, 0.3) is 0 Å². The summed E-state index contributed by atoms with van der Waals surface area (Å²) >= 11 is 0. The number of aryl methyl sites for hydroxylation is 1. The third-order valence-electron chi connectivity index (χ3n) is 2.28. The smallest absolute Gasteiger partial charge is 0.406 e. The van der Waals surface area contributed by atoms with Gasteiger partial charge in [0.1, 0.15) is 6.54 Å². The molecule has 0 atom stereocenters. The van der Waals surface area contributed by atoms with Gasteiger partial charge in [0.05, 0.1) is 0 Å². The quantitative estimate of drug-likeness (QED) is 0.793. The molecule has 0 aliphatic heterocycles. The van der Waals surface area contributed by atoms with Crippen molar-refractivity contribution in [2.45, 2.75) is 13.1 Å². The van der Waals surface area contributed by atoms with Crippen LogP contribution in [0.3, 0.4) is 0 Å². The van der Waals surface area contributed by atoms with E-state index in [-0.39, 0.29) is 5.75 Å². The predicted octanol–water partition coefficient (Wildman–Crippen LogP) is 2.53. The second kappa shape index (κ2) is 5.90. The normalized spacial score (nSPS) is 11.3. The van der Waals surface area contributed by atoms with Crippen molar-refractivity contribution in [1.29, 1.82) is 0 Å². The summed E-state index contributed by atoms with van der Waals surface area (Å²) in [5, 5.41) is 0. The third-order valence-corrected chi connectivity index (χ3v) is 2.28. The molecule has 0 fully saturated rings. The first-order valence-corrected chi connectivity index (χ1v) is 5.39. The Labute approximate surface area is 107 Å². The molecule has 3 nitrogen and oxygen atoms in total. The zero-order valence-corrected chi connectivity index (χ0v) is 10.4. The molecule has 0 saturated heterocycles. The molecule has 7 heteroatoms. The number of hydrogen-bond acceptors (Lipinski definition) is 2. The maximum absolute atomic E-state index is 13.3. The van der Waals surface area contributed by atoms with Gasteiger partial charge in [0.25, 0.3) is 5.91 Å². The third kappa shape index (κ3) is 5.15. The minimum Gasteiger partial charge on any atom is -0.481 e.